The second kappa shape index (κ2) is 11.3. The van der Waals surface area contributed by atoms with Gasteiger partial charge >= 0.3 is 0 Å². The van der Waals surface area contributed by atoms with Crippen LogP contribution in [0.25, 0.3) is 0 Å². The van der Waals surface area contributed by atoms with Crippen LogP contribution < -0.4 is 25.6 Å². The third-order valence-corrected chi connectivity index (χ3v) is 5.84. The Morgan fingerprint density at radius 3 is 2.66 bits per heavy atom. The molecule has 35 heavy (non-hydrogen) atoms. The van der Waals surface area contributed by atoms with Gasteiger partial charge in [-0.1, -0.05) is 18.7 Å². The number of piperazine rings is 1. The first-order valence-electron chi connectivity index (χ1n) is 11.5. The number of likely N-dealkylation sites (N-methyl/N-ethyl adjacent to an activating group) is 1. The van der Waals surface area contributed by atoms with Gasteiger partial charge in [0.2, 0.25) is 5.91 Å². The van der Waals surface area contributed by atoms with Crippen molar-refractivity contribution in [3.8, 4) is 5.75 Å². The second-order valence-electron chi connectivity index (χ2n) is 8.34. The van der Waals surface area contributed by atoms with Gasteiger partial charge in [-0.3, -0.25) is 4.79 Å². The number of carbonyl (C=O) groups is 1. The standard InChI is InChI=1S/C26H31N7O2/c1-4-26(34)30-20-7-5-6-19(14-20)17-27-24-16-25(29-18-28-24)31-22-9-8-21(15-23(22)35-3)33-12-10-32(2)11-13-33/h4-9,14-16,18H,1,10-13,17H2,2-3H3,(H,30,34)(H2,27,28,29,31). The SMILES string of the molecule is C=CC(=O)Nc1cccc(CNc2cc(Nc3ccc(N4CCN(C)CC4)cc3OC)ncn2)c1. The van der Waals surface area contributed by atoms with E-state index in [2.05, 4.69) is 61.5 Å². The lowest BCUT2D eigenvalue weighted by Crippen LogP contribution is -2.44. The molecule has 1 aliphatic heterocycles. The van der Waals surface area contributed by atoms with E-state index in [-0.39, 0.29) is 5.91 Å². The summed E-state index contributed by atoms with van der Waals surface area (Å²) in [4.78, 5) is 24.9. The van der Waals surface area contributed by atoms with Gasteiger partial charge in [-0.15, -0.1) is 0 Å². The Bertz CT molecular complexity index is 1180. The molecule has 1 fully saturated rings. The molecule has 1 aliphatic rings. The summed E-state index contributed by atoms with van der Waals surface area (Å²) < 4.78 is 5.66. The summed E-state index contributed by atoms with van der Waals surface area (Å²) >= 11 is 0. The molecule has 0 spiro atoms. The number of carbonyl (C=O) groups excluding carboxylic acids is 1. The first-order chi connectivity index (χ1) is 17.0. The summed E-state index contributed by atoms with van der Waals surface area (Å²) in [6, 6.07) is 15.6. The fraction of sp³-hybridized carbons (Fsp3) is 0.269. The van der Waals surface area contributed by atoms with Gasteiger partial charge in [0.1, 0.15) is 23.7 Å². The van der Waals surface area contributed by atoms with E-state index in [4.69, 9.17) is 4.74 Å². The van der Waals surface area contributed by atoms with Crippen molar-refractivity contribution in [3.63, 3.8) is 0 Å². The maximum Gasteiger partial charge on any atom is 0.247 e. The summed E-state index contributed by atoms with van der Waals surface area (Å²) in [5.41, 5.74) is 3.70. The number of benzene rings is 2. The highest BCUT2D eigenvalue weighted by molar-refractivity contribution is 5.98. The first-order valence-corrected chi connectivity index (χ1v) is 11.5. The van der Waals surface area contributed by atoms with E-state index < -0.39 is 0 Å². The van der Waals surface area contributed by atoms with Crippen molar-refractivity contribution in [1.82, 2.24) is 14.9 Å². The van der Waals surface area contributed by atoms with Gasteiger partial charge in [0.05, 0.1) is 12.8 Å². The van der Waals surface area contributed by atoms with Crippen molar-refractivity contribution in [2.24, 2.45) is 0 Å². The molecule has 1 saturated heterocycles. The number of rotatable bonds is 9. The van der Waals surface area contributed by atoms with E-state index in [9.17, 15) is 4.79 Å². The lowest BCUT2D eigenvalue weighted by Gasteiger charge is -2.34. The Morgan fingerprint density at radius 1 is 1.09 bits per heavy atom. The van der Waals surface area contributed by atoms with Gasteiger partial charge in [0.25, 0.3) is 0 Å². The van der Waals surface area contributed by atoms with E-state index in [1.807, 2.05) is 36.4 Å². The lowest BCUT2D eigenvalue weighted by atomic mass is 10.2. The molecule has 1 aromatic heterocycles. The number of nitrogens with zero attached hydrogens (tertiary/aromatic N) is 4. The molecule has 4 rings (SSSR count). The van der Waals surface area contributed by atoms with Crippen LogP contribution in [-0.4, -0.2) is 61.1 Å². The Morgan fingerprint density at radius 2 is 1.89 bits per heavy atom. The second-order valence-corrected chi connectivity index (χ2v) is 8.34. The van der Waals surface area contributed by atoms with Gasteiger partial charge in [-0.25, -0.2) is 9.97 Å². The van der Waals surface area contributed by atoms with Gasteiger partial charge in [-0.05, 0) is 43.0 Å². The molecule has 9 heteroatoms. The van der Waals surface area contributed by atoms with Gasteiger partial charge in [0, 0.05) is 56.2 Å². The molecule has 3 N–H and O–H groups in total. The highest BCUT2D eigenvalue weighted by Gasteiger charge is 2.16. The Balaban J connectivity index is 1.41. The van der Waals surface area contributed by atoms with E-state index in [0.717, 1.165) is 48.9 Å². The van der Waals surface area contributed by atoms with E-state index in [1.54, 1.807) is 7.11 Å². The minimum Gasteiger partial charge on any atom is -0.494 e. The molecule has 2 aromatic carbocycles. The molecular weight excluding hydrogens is 442 g/mol. The number of hydrogen-bond acceptors (Lipinski definition) is 8. The Kier molecular flexibility index (Phi) is 7.79. The number of ether oxygens (including phenoxy) is 1. The topological polar surface area (TPSA) is 94.7 Å². The zero-order valence-corrected chi connectivity index (χ0v) is 20.1. The predicted molar refractivity (Wildman–Crippen MR) is 141 cm³/mol. The number of amides is 1. The summed E-state index contributed by atoms with van der Waals surface area (Å²) in [5.74, 6) is 1.85. The first kappa shape index (κ1) is 24.0. The third kappa shape index (κ3) is 6.48. The number of methoxy groups -OCH3 is 1. The monoisotopic (exact) mass is 473 g/mol. The van der Waals surface area contributed by atoms with Crippen molar-refractivity contribution in [3.05, 3.63) is 73.1 Å². The van der Waals surface area contributed by atoms with Gasteiger partial charge in [-0.2, -0.15) is 0 Å². The molecule has 9 nitrogen and oxygen atoms in total. The normalized spacial score (nSPS) is 13.7. The van der Waals surface area contributed by atoms with Crippen LogP contribution in [0, 0.1) is 0 Å². The minimum absolute atomic E-state index is 0.242. The summed E-state index contributed by atoms with van der Waals surface area (Å²) in [6.07, 6.45) is 2.76. The Hall–Kier alpha value is -4.11. The van der Waals surface area contributed by atoms with Crippen molar-refractivity contribution in [2.45, 2.75) is 6.54 Å². The quantitative estimate of drug-likeness (QED) is 0.405. The average Bonchev–Trinajstić information content (AvgIpc) is 2.88. The number of aromatic nitrogens is 2. The largest absolute Gasteiger partial charge is 0.494 e. The molecule has 182 valence electrons. The molecule has 2 heterocycles. The fourth-order valence-corrected chi connectivity index (χ4v) is 3.85. The van der Waals surface area contributed by atoms with Crippen LogP contribution in [0.15, 0.2) is 67.5 Å². The van der Waals surface area contributed by atoms with Crippen LogP contribution >= 0.6 is 0 Å². The molecular formula is C26H31N7O2. The average molecular weight is 474 g/mol. The fourth-order valence-electron chi connectivity index (χ4n) is 3.85. The molecule has 0 atom stereocenters. The van der Waals surface area contributed by atoms with Crippen LogP contribution in [0.1, 0.15) is 5.56 Å². The maximum atomic E-state index is 11.5. The molecule has 0 bridgehead atoms. The van der Waals surface area contributed by atoms with Crippen LogP contribution in [0.3, 0.4) is 0 Å². The van der Waals surface area contributed by atoms with Crippen molar-refractivity contribution in [1.29, 1.82) is 0 Å². The zero-order valence-electron chi connectivity index (χ0n) is 20.1. The predicted octanol–water partition coefficient (Wildman–Crippen LogP) is 3.72. The van der Waals surface area contributed by atoms with Crippen molar-refractivity contribution in [2.75, 3.05) is 61.2 Å². The minimum atomic E-state index is -0.242. The van der Waals surface area contributed by atoms with Crippen molar-refractivity contribution < 1.29 is 9.53 Å². The maximum absolute atomic E-state index is 11.5. The van der Waals surface area contributed by atoms with E-state index in [1.165, 1.54) is 12.4 Å². The van der Waals surface area contributed by atoms with Crippen LogP contribution in [0.4, 0.5) is 28.7 Å². The van der Waals surface area contributed by atoms with Gasteiger partial charge < -0.3 is 30.5 Å². The molecule has 0 radical (unpaired) electrons. The molecule has 3 aromatic rings. The summed E-state index contributed by atoms with van der Waals surface area (Å²) in [5, 5.41) is 9.40. The molecule has 1 amide bonds. The van der Waals surface area contributed by atoms with E-state index in [0.29, 0.717) is 23.9 Å². The number of hydrogen-bond donors (Lipinski definition) is 3. The number of anilines is 5. The summed E-state index contributed by atoms with van der Waals surface area (Å²) in [6.45, 7) is 8.11. The van der Waals surface area contributed by atoms with Crippen LogP contribution in [-0.2, 0) is 11.3 Å². The highest BCUT2D eigenvalue weighted by Crippen LogP contribution is 2.32. The smallest absolute Gasteiger partial charge is 0.247 e. The molecule has 0 aliphatic carbocycles. The zero-order chi connectivity index (χ0) is 24.6. The molecule has 0 saturated carbocycles. The third-order valence-electron chi connectivity index (χ3n) is 5.84. The van der Waals surface area contributed by atoms with Crippen LogP contribution in [0.5, 0.6) is 5.75 Å². The van der Waals surface area contributed by atoms with E-state index >= 15 is 0 Å². The van der Waals surface area contributed by atoms with Crippen LogP contribution in [0.2, 0.25) is 0 Å². The lowest BCUT2D eigenvalue weighted by molar-refractivity contribution is -0.111. The Labute approximate surface area is 205 Å². The highest BCUT2D eigenvalue weighted by atomic mass is 16.5. The summed E-state index contributed by atoms with van der Waals surface area (Å²) in [7, 11) is 3.82. The van der Waals surface area contributed by atoms with Gasteiger partial charge in [0.15, 0.2) is 0 Å². The molecule has 0 unspecified atom stereocenters. The number of nitrogens with one attached hydrogen (secondary N) is 3. The van der Waals surface area contributed by atoms with Crippen molar-refractivity contribution >= 4 is 34.6 Å².